The molecule has 0 aliphatic heterocycles. The number of fused-ring (bicyclic) bond motifs is 1. The summed E-state index contributed by atoms with van der Waals surface area (Å²) in [6.45, 7) is 4.20. The molecule has 168 valence electrons. The van der Waals surface area contributed by atoms with E-state index in [1.54, 1.807) is 0 Å². The zero-order chi connectivity index (χ0) is 22.7. The average molecular weight is 434 g/mol. The number of carbonyl (C=O) groups is 2. The Labute approximate surface area is 189 Å². The second kappa shape index (κ2) is 9.55. The van der Waals surface area contributed by atoms with Gasteiger partial charge in [-0.3, -0.25) is 9.59 Å². The van der Waals surface area contributed by atoms with Gasteiger partial charge in [0.1, 0.15) is 5.52 Å². The summed E-state index contributed by atoms with van der Waals surface area (Å²) < 4.78 is 5.82. The SMILES string of the molecule is CC[C@@H](C)CC(=O)N[C@H]1CCC(N(C)C(=O)c2ccc(-c3nc4ccccc4o3)cc2)C1. The van der Waals surface area contributed by atoms with Gasteiger partial charge in [-0.15, -0.1) is 0 Å². The van der Waals surface area contributed by atoms with Crippen molar-refractivity contribution in [3.8, 4) is 11.5 Å². The van der Waals surface area contributed by atoms with Gasteiger partial charge in [0.15, 0.2) is 5.58 Å². The number of amides is 2. The summed E-state index contributed by atoms with van der Waals surface area (Å²) in [6, 6.07) is 15.3. The van der Waals surface area contributed by atoms with E-state index >= 15 is 0 Å². The van der Waals surface area contributed by atoms with Crippen LogP contribution in [0.1, 0.15) is 56.3 Å². The van der Waals surface area contributed by atoms with E-state index in [9.17, 15) is 9.59 Å². The number of oxazole rings is 1. The van der Waals surface area contributed by atoms with E-state index in [4.69, 9.17) is 4.42 Å². The molecule has 1 N–H and O–H groups in total. The summed E-state index contributed by atoms with van der Waals surface area (Å²) in [5.74, 6) is 1.05. The van der Waals surface area contributed by atoms with E-state index in [1.165, 1.54) is 0 Å². The Morgan fingerprint density at radius 1 is 1.16 bits per heavy atom. The monoisotopic (exact) mass is 433 g/mol. The molecule has 1 aliphatic rings. The number of nitrogens with zero attached hydrogens (tertiary/aromatic N) is 2. The van der Waals surface area contributed by atoms with Gasteiger partial charge in [-0.2, -0.15) is 0 Å². The quantitative estimate of drug-likeness (QED) is 0.566. The third kappa shape index (κ3) is 4.85. The summed E-state index contributed by atoms with van der Waals surface area (Å²) >= 11 is 0. The van der Waals surface area contributed by atoms with E-state index < -0.39 is 0 Å². The lowest BCUT2D eigenvalue weighted by Gasteiger charge is -2.25. The molecule has 32 heavy (non-hydrogen) atoms. The van der Waals surface area contributed by atoms with Crippen molar-refractivity contribution in [1.29, 1.82) is 0 Å². The number of benzene rings is 2. The lowest BCUT2D eigenvalue weighted by Crippen LogP contribution is -2.38. The summed E-state index contributed by atoms with van der Waals surface area (Å²) in [5.41, 5.74) is 3.03. The van der Waals surface area contributed by atoms with Crippen LogP contribution in [-0.2, 0) is 4.79 Å². The smallest absolute Gasteiger partial charge is 0.253 e. The van der Waals surface area contributed by atoms with Crippen molar-refractivity contribution in [1.82, 2.24) is 15.2 Å². The van der Waals surface area contributed by atoms with Crippen LogP contribution in [0.15, 0.2) is 52.9 Å². The zero-order valence-electron chi connectivity index (χ0n) is 19.0. The molecule has 0 saturated heterocycles. The summed E-state index contributed by atoms with van der Waals surface area (Å²) in [7, 11) is 1.85. The lowest BCUT2D eigenvalue weighted by molar-refractivity contribution is -0.122. The maximum atomic E-state index is 13.0. The fourth-order valence-electron chi connectivity index (χ4n) is 4.31. The molecule has 3 atom stereocenters. The highest BCUT2D eigenvalue weighted by atomic mass is 16.3. The van der Waals surface area contributed by atoms with Gasteiger partial charge in [0, 0.05) is 36.7 Å². The van der Waals surface area contributed by atoms with Gasteiger partial charge in [-0.25, -0.2) is 4.98 Å². The molecule has 1 aliphatic carbocycles. The molecule has 3 aromatic rings. The molecule has 2 amide bonds. The number of hydrogen-bond donors (Lipinski definition) is 1. The molecule has 6 nitrogen and oxygen atoms in total. The largest absolute Gasteiger partial charge is 0.436 e. The number of para-hydroxylation sites is 2. The second-order valence-corrected chi connectivity index (χ2v) is 8.93. The van der Waals surface area contributed by atoms with Crippen molar-refractivity contribution in [2.24, 2.45) is 5.92 Å². The number of hydrogen-bond acceptors (Lipinski definition) is 4. The van der Waals surface area contributed by atoms with Crippen LogP contribution in [-0.4, -0.2) is 40.8 Å². The third-order valence-corrected chi connectivity index (χ3v) is 6.54. The minimum Gasteiger partial charge on any atom is -0.436 e. The maximum Gasteiger partial charge on any atom is 0.253 e. The summed E-state index contributed by atoms with van der Waals surface area (Å²) in [5, 5.41) is 3.15. The fraction of sp³-hybridized carbons (Fsp3) is 0.423. The number of nitrogens with one attached hydrogen (secondary N) is 1. The standard InChI is InChI=1S/C26H31N3O3/c1-4-17(2)15-24(30)27-20-13-14-21(16-20)29(3)26(31)19-11-9-18(10-12-19)25-28-22-7-5-6-8-23(22)32-25/h5-12,17,20-21H,4,13-16H2,1-3H3,(H,27,30)/t17-,20+,21?/m1/s1. The third-order valence-electron chi connectivity index (χ3n) is 6.54. The molecular weight excluding hydrogens is 402 g/mol. The number of carbonyl (C=O) groups excluding carboxylic acids is 2. The lowest BCUT2D eigenvalue weighted by atomic mass is 10.0. The highest BCUT2D eigenvalue weighted by molar-refractivity contribution is 5.94. The van der Waals surface area contributed by atoms with Crippen molar-refractivity contribution in [2.45, 2.75) is 58.0 Å². The number of aromatic nitrogens is 1. The zero-order valence-corrected chi connectivity index (χ0v) is 19.0. The van der Waals surface area contributed by atoms with Crippen LogP contribution in [0.25, 0.3) is 22.6 Å². The minimum atomic E-state index is -0.00861. The highest BCUT2D eigenvalue weighted by Gasteiger charge is 2.31. The Morgan fingerprint density at radius 3 is 2.62 bits per heavy atom. The van der Waals surface area contributed by atoms with Crippen molar-refractivity contribution >= 4 is 22.9 Å². The van der Waals surface area contributed by atoms with E-state index in [-0.39, 0.29) is 23.9 Å². The van der Waals surface area contributed by atoms with Gasteiger partial charge < -0.3 is 14.6 Å². The average Bonchev–Trinajstić information content (AvgIpc) is 3.45. The highest BCUT2D eigenvalue weighted by Crippen LogP contribution is 2.27. The van der Waals surface area contributed by atoms with E-state index in [0.717, 1.165) is 42.3 Å². The summed E-state index contributed by atoms with van der Waals surface area (Å²) in [6.07, 6.45) is 4.18. The molecule has 1 heterocycles. The molecule has 6 heteroatoms. The molecule has 1 fully saturated rings. The van der Waals surface area contributed by atoms with Gasteiger partial charge in [-0.1, -0.05) is 32.4 Å². The predicted molar refractivity (Wildman–Crippen MR) is 125 cm³/mol. The Hall–Kier alpha value is -3.15. The van der Waals surface area contributed by atoms with Crippen LogP contribution in [0, 0.1) is 5.92 Å². The van der Waals surface area contributed by atoms with Crippen LogP contribution in [0.5, 0.6) is 0 Å². The van der Waals surface area contributed by atoms with Crippen LogP contribution < -0.4 is 5.32 Å². The minimum absolute atomic E-state index is 0.00861. The molecule has 1 unspecified atom stereocenters. The summed E-state index contributed by atoms with van der Waals surface area (Å²) in [4.78, 5) is 31.6. The fourth-order valence-corrected chi connectivity index (χ4v) is 4.31. The molecule has 0 spiro atoms. The van der Waals surface area contributed by atoms with Crippen LogP contribution in [0.4, 0.5) is 0 Å². The van der Waals surface area contributed by atoms with E-state index in [2.05, 4.69) is 24.1 Å². The molecule has 2 aromatic carbocycles. The first-order valence-corrected chi connectivity index (χ1v) is 11.5. The predicted octanol–water partition coefficient (Wildman–Crippen LogP) is 5.04. The maximum absolute atomic E-state index is 13.0. The molecule has 1 aromatic heterocycles. The molecular formula is C26H31N3O3. The Kier molecular flexibility index (Phi) is 6.58. The number of rotatable bonds is 7. The topological polar surface area (TPSA) is 75.4 Å². The Balaban J connectivity index is 1.36. The molecule has 0 bridgehead atoms. The Morgan fingerprint density at radius 2 is 1.91 bits per heavy atom. The molecule has 4 rings (SSSR count). The molecule has 0 radical (unpaired) electrons. The van der Waals surface area contributed by atoms with Gasteiger partial charge in [0.05, 0.1) is 0 Å². The second-order valence-electron chi connectivity index (χ2n) is 8.93. The van der Waals surface area contributed by atoms with Crippen LogP contribution >= 0.6 is 0 Å². The first kappa shape index (κ1) is 22.1. The Bertz CT molecular complexity index is 1060. The van der Waals surface area contributed by atoms with Gasteiger partial charge in [0.2, 0.25) is 11.8 Å². The van der Waals surface area contributed by atoms with Crippen molar-refractivity contribution in [2.75, 3.05) is 7.05 Å². The first-order chi connectivity index (χ1) is 15.4. The van der Waals surface area contributed by atoms with E-state index in [1.807, 2.05) is 60.5 Å². The normalized spacial score (nSPS) is 19.1. The van der Waals surface area contributed by atoms with Gasteiger partial charge in [0.25, 0.3) is 5.91 Å². The van der Waals surface area contributed by atoms with Crippen molar-refractivity contribution in [3.05, 3.63) is 54.1 Å². The van der Waals surface area contributed by atoms with Crippen molar-refractivity contribution < 1.29 is 14.0 Å². The van der Waals surface area contributed by atoms with Crippen LogP contribution in [0.2, 0.25) is 0 Å². The van der Waals surface area contributed by atoms with Gasteiger partial charge >= 0.3 is 0 Å². The van der Waals surface area contributed by atoms with Crippen molar-refractivity contribution in [3.63, 3.8) is 0 Å². The van der Waals surface area contributed by atoms with Crippen LogP contribution in [0.3, 0.4) is 0 Å². The first-order valence-electron chi connectivity index (χ1n) is 11.5. The van der Waals surface area contributed by atoms with Gasteiger partial charge in [-0.05, 0) is 61.6 Å². The molecule has 1 saturated carbocycles. The van der Waals surface area contributed by atoms with E-state index in [0.29, 0.717) is 23.8 Å².